The highest BCUT2D eigenvalue weighted by atomic mass is 16.5. The number of esters is 1. The van der Waals surface area contributed by atoms with Crippen LogP contribution in [0.15, 0.2) is 0 Å². The molecule has 4 heteroatoms. The summed E-state index contributed by atoms with van der Waals surface area (Å²) in [5, 5.41) is 3.58. The third-order valence-corrected chi connectivity index (χ3v) is 4.94. The van der Waals surface area contributed by atoms with Crippen LogP contribution in [-0.4, -0.2) is 37.9 Å². The highest BCUT2D eigenvalue weighted by Crippen LogP contribution is 2.46. The first-order valence-electron chi connectivity index (χ1n) is 7.52. The van der Waals surface area contributed by atoms with Crippen LogP contribution in [0.2, 0.25) is 0 Å². The van der Waals surface area contributed by atoms with Gasteiger partial charge in [0.05, 0.1) is 18.1 Å². The van der Waals surface area contributed by atoms with Crippen LogP contribution in [0.3, 0.4) is 0 Å². The van der Waals surface area contributed by atoms with Crippen LogP contribution in [0.1, 0.15) is 52.4 Å². The molecule has 4 nitrogen and oxygen atoms in total. The maximum Gasteiger partial charge on any atom is 0.313 e. The van der Waals surface area contributed by atoms with Crippen molar-refractivity contribution in [1.29, 1.82) is 0 Å². The Kier molecular flexibility index (Phi) is 4.51. The molecule has 0 radical (unpaired) electrons. The molecule has 0 spiro atoms. The predicted molar refractivity (Wildman–Crippen MR) is 74.0 cm³/mol. The van der Waals surface area contributed by atoms with Gasteiger partial charge in [-0.05, 0) is 39.0 Å². The monoisotopic (exact) mass is 269 g/mol. The van der Waals surface area contributed by atoms with Gasteiger partial charge in [0.2, 0.25) is 0 Å². The summed E-state index contributed by atoms with van der Waals surface area (Å²) in [6.07, 6.45) is 6.20. The summed E-state index contributed by atoms with van der Waals surface area (Å²) in [6, 6.07) is 0.203. The predicted octanol–water partition coefficient (Wildman–Crippen LogP) is 2.27. The Labute approximate surface area is 116 Å². The normalized spacial score (nSPS) is 30.7. The van der Waals surface area contributed by atoms with Crippen molar-refractivity contribution in [2.45, 2.75) is 64.0 Å². The summed E-state index contributed by atoms with van der Waals surface area (Å²) >= 11 is 0. The molecule has 0 aromatic rings. The van der Waals surface area contributed by atoms with Crippen molar-refractivity contribution < 1.29 is 14.3 Å². The molecular weight excluding hydrogens is 242 g/mol. The Balaban J connectivity index is 1.97. The number of methoxy groups -OCH3 is 1. The molecule has 1 saturated heterocycles. The van der Waals surface area contributed by atoms with Crippen molar-refractivity contribution in [3.05, 3.63) is 0 Å². The van der Waals surface area contributed by atoms with Gasteiger partial charge >= 0.3 is 5.97 Å². The molecule has 0 bridgehead atoms. The maximum absolute atomic E-state index is 12.1. The van der Waals surface area contributed by atoms with E-state index in [-0.39, 0.29) is 23.0 Å². The van der Waals surface area contributed by atoms with Crippen LogP contribution in [-0.2, 0) is 14.3 Å². The van der Waals surface area contributed by atoms with Crippen molar-refractivity contribution in [2.24, 2.45) is 5.41 Å². The minimum Gasteiger partial charge on any atom is -0.469 e. The van der Waals surface area contributed by atoms with E-state index in [4.69, 9.17) is 9.47 Å². The molecular formula is C15H27NO3. The fourth-order valence-electron chi connectivity index (χ4n) is 3.50. The highest BCUT2D eigenvalue weighted by molar-refractivity contribution is 5.78. The summed E-state index contributed by atoms with van der Waals surface area (Å²) in [5.41, 5.74) is -0.354. The van der Waals surface area contributed by atoms with E-state index in [9.17, 15) is 4.79 Å². The first-order valence-corrected chi connectivity index (χ1v) is 7.52. The largest absolute Gasteiger partial charge is 0.469 e. The minimum absolute atomic E-state index is 0.0457. The second kappa shape index (κ2) is 5.80. The number of nitrogens with one attached hydrogen (secondary N) is 1. The molecule has 1 aliphatic heterocycles. The second-order valence-electron chi connectivity index (χ2n) is 6.24. The summed E-state index contributed by atoms with van der Waals surface area (Å²) < 4.78 is 10.8. The van der Waals surface area contributed by atoms with Gasteiger partial charge in [-0.25, -0.2) is 0 Å². The van der Waals surface area contributed by atoms with E-state index in [2.05, 4.69) is 19.2 Å². The van der Waals surface area contributed by atoms with E-state index >= 15 is 0 Å². The van der Waals surface area contributed by atoms with E-state index < -0.39 is 0 Å². The number of hydrogen-bond acceptors (Lipinski definition) is 4. The molecule has 19 heavy (non-hydrogen) atoms. The second-order valence-corrected chi connectivity index (χ2v) is 6.24. The summed E-state index contributed by atoms with van der Waals surface area (Å²) in [4.78, 5) is 12.1. The molecule has 0 aromatic carbocycles. The van der Waals surface area contributed by atoms with E-state index in [0.717, 1.165) is 51.7 Å². The average Bonchev–Trinajstić information content (AvgIpc) is 2.78. The standard InChI is InChI=1S/C15H27NO3/c1-4-12(15(8-5-9-15)13(17)18-3)16-11-14(2)7-6-10-19-14/h12,16H,4-11H2,1-3H3/t12-,14-/m1/s1. The van der Waals surface area contributed by atoms with Crippen molar-refractivity contribution in [1.82, 2.24) is 5.32 Å². The molecule has 0 aromatic heterocycles. The number of carbonyl (C=O) groups excluding carboxylic acids is 1. The van der Waals surface area contributed by atoms with Gasteiger partial charge in [-0.1, -0.05) is 13.3 Å². The average molecular weight is 269 g/mol. The zero-order chi connectivity index (χ0) is 13.9. The van der Waals surface area contributed by atoms with Gasteiger partial charge < -0.3 is 14.8 Å². The molecule has 110 valence electrons. The first-order chi connectivity index (χ1) is 9.06. The molecule has 2 atom stereocenters. The Bertz CT molecular complexity index is 319. The summed E-state index contributed by atoms with van der Waals surface area (Å²) in [5.74, 6) is -0.0457. The molecule has 1 aliphatic carbocycles. The number of carbonyl (C=O) groups is 1. The zero-order valence-corrected chi connectivity index (χ0v) is 12.5. The van der Waals surface area contributed by atoms with Gasteiger partial charge in [-0.2, -0.15) is 0 Å². The number of ether oxygens (including phenoxy) is 2. The van der Waals surface area contributed by atoms with E-state index in [1.54, 1.807) is 0 Å². The van der Waals surface area contributed by atoms with E-state index in [1.807, 2.05) is 0 Å². The van der Waals surface area contributed by atoms with Gasteiger partial charge in [-0.3, -0.25) is 4.79 Å². The summed E-state index contributed by atoms with van der Waals surface area (Å²) in [6.45, 7) is 5.98. The quantitative estimate of drug-likeness (QED) is 0.751. The third-order valence-electron chi connectivity index (χ3n) is 4.94. The SMILES string of the molecule is CC[C@@H](NC[C@@]1(C)CCCO1)C1(C(=O)OC)CCC1. The van der Waals surface area contributed by atoms with Gasteiger partial charge in [0.15, 0.2) is 0 Å². The van der Waals surface area contributed by atoms with Gasteiger partial charge in [0.25, 0.3) is 0 Å². The lowest BCUT2D eigenvalue weighted by Crippen LogP contribution is -2.56. The molecule has 1 N–H and O–H groups in total. The van der Waals surface area contributed by atoms with Crippen LogP contribution in [0.25, 0.3) is 0 Å². The highest BCUT2D eigenvalue weighted by Gasteiger charge is 2.51. The molecule has 1 saturated carbocycles. The Morgan fingerprint density at radius 3 is 2.53 bits per heavy atom. The fourth-order valence-corrected chi connectivity index (χ4v) is 3.50. The lowest BCUT2D eigenvalue weighted by atomic mass is 9.63. The first kappa shape index (κ1) is 14.8. The molecule has 2 fully saturated rings. The lowest BCUT2D eigenvalue weighted by Gasteiger charge is -2.46. The van der Waals surface area contributed by atoms with Crippen LogP contribution in [0.4, 0.5) is 0 Å². The van der Waals surface area contributed by atoms with Crippen LogP contribution in [0, 0.1) is 5.41 Å². The topological polar surface area (TPSA) is 47.6 Å². The molecule has 1 heterocycles. The van der Waals surface area contributed by atoms with Crippen molar-refractivity contribution in [3.8, 4) is 0 Å². The molecule has 0 amide bonds. The van der Waals surface area contributed by atoms with Gasteiger partial charge in [0, 0.05) is 19.2 Å². The number of hydrogen-bond donors (Lipinski definition) is 1. The Morgan fingerprint density at radius 2 is 2.11 bits per heavy atom. The Morgan fingerprint density at radius 1 is 1.37 bits per heavy atom. The Hall–Kier alpha value is -0.610. The third kappa shape index (κ3) is 2.79. The minimum atomic E-state index is -0.293. The zero-order valence-electron chi connectivity index (χ0n) is 12.5. The summed E-state index contributed by atoms with van der Waals surface area (Å²) in [7, 11) is 1.50. The van der Waals surface area contributed by atoms with Crippen molar-refractivity contribution >= 4 is 5.97 Å². The molecule has 0 unspecified atom stereocenters. The lowest BCUT2D eigenvalue weighted by molar-refractivity contribution is -0.161. The molecule has 2 aliphatic rings. The number of rotatable bonds is 6. The van der Waals surface area contributed by atoms with Crippen LogP contribution in [0.5, 0.6) is 0 Å². The van der Waals surface area contributed by atoms with Crippen molar-refractivity contribution in [3.63, 3.8) is 0 Å². The maximum atomic E-state index is 12.1. The van der Waals surface area contributed by atoms with Gasteiger partial charge in [-0.15, -0.1) is 0 Å². The van der Waals surface area contributed by atoms with E-state index in [0.29, 0.717) is 0 Å². The van der Waals surface area contributed by atoms with Crippen molar-refractivity contribution in [2.75, 3.05) is 20.3 Å². The van der Waals surface area contributed by atoms with Crippen LogP contribution >= 0.6 is 0 Å². The molecule has 2 rings (SSSR count). The van der Waals surface area contributed by atoms with Gasteiger partial charge in [0.1, 0.15) is 0 Å². The van der Waals surface area contributed by atoms with E-state index in [1.165, 1.54) is 7.11 Å². The fraction of sp³-hybridized carbons (Fsp3) is 0.933. The smallest absolute Gasteiger partial charge is 0.313 e. The van der Waals surface area contributed by atoms with Crippen LogP contribution < -0.4 is 5.32 Å².